The van der Waals surface area contributed by atoms with Gasteiger partial charge in [0.25, 0.3) is 0 Å². The molecule has 0 saturated heterocycles. The maximum absolute atomic E-state index is 11.7. The second-order valence-corrected chi connectivity index (χ2v) is 15.3. The Bertz CT molecular complexity index is 2540. The lowest BCUT2D eigenvalue weighted by atomic mass is 9.80. The number of benzene rings is 6. The first-order chi connectivity index (χ1) is 28.4. The van der Waals surface area contributed by atoms with Gasteiger partial charge in [-0.25, -0.2) is 9.59 Å². The van der Waals surface area contributed by atoms with E-state index in [9.17, 15) is 30.0 Å². The van der Waals surface area contributed by atoms with Crippen molar-refractivity contribution >= 4 is 11.9 Å². The molecule has 0 aliphatic heterocycles. The fourth-order valence-electron chi connectivity index (χ4n) is 7.56. The first-order valence-corrected chi connectivity index (χ1v) is 19.5. The molecule has 4 N–H and O–H groups in total. The standard InChI is InChI=1S/2C26H26O4/c1-6-25(29)30-24-14-16(3)22(12-18(24)5)26(19-7-9-20(27)10-8-19)21-11-17(4)23(28)13-15(21)2;1-6-23(28)30-26-17(4)13-21(14-18(26)5)24(19-7-9-22(27)10-8-19)20-11-15(2)25(29)16(3)12-20/h6-14,26-28H,1H2,2-5H3;6-14,24,27,29H,1H2,2-5H3. The minimum absolute atomic E-state index is 0.118. The van der Waals surface area contributed by atoms with Gasteiger partial charge in [0.1, 0.15) is 34.5 Å². The second-order valence-electron chi connectivity index (χ2n) is 15.3. The van der Waals surface area contributed by atoms with Crippen LogP contribution in [0.1, 0.15) is 89.7 Å². The number of carbonyl (C=O) groups is 2. The highest BCUT2D eigenvalue weighted by atomic mass is 16.5. The monoisotopic (exact) mass is 804 g/mol. The van der Waals surface area contributed by atoms with Crippen LogP contribution < -0.4 is 9.47 Å². The number of esters is 2. The van der Waals surface area contributed by atoms with E-state index >= 15 is 0 Å². The molecule has 308 valence electrons. The topological polar surface area (TPSA) is 134 Å². The number of phenols is 4. The number of hydrogen-bond acceptors (Lipinski definition) is 8. The summed E-state index contributed by atoms with van der Waals surface area (Å²) in [5.74, 6) is 0.778. The largest absolute Gasteiger partial charge is 0.508 e. The fourth-order valence-corrected chi connectivity index (χ4v) is 7.56. The van der Waals surface area contributed by atoms with Gasteiger partial charge < -0.3 is 29.9 Å². The Morgan fingerprint density at radius 3 is 1.37 bits per heavy atom. The van der Waals surface area contributed by atoms with Gasteiger partial charge in [-0.3, -0.25) is 0 Å². The van der Waals surface area contributed by atoms with Crippen molar-refractivity contribution in [2.24, 2.45) is 0 Å². The molecule has 6 rings (SSSR count). The van der Waals surface area contributed by atoms with Crippen molar-refractivity contribution in [2.45, 2.75) is 67.2 Å². The van der Waals surface area contributed by atoms with E-state index in [1.165, 1.54) is 0 Å². The van der Waals surface area contributed by atoms with Crippen LogP contribution in [0.5, 0.6) is 34.5 Å². The lowest BCUT2D eigenvalue weighted by molar-refractivity contribution is -0.129. The van der Waals surface area contributed by atoms with Gasteiger partial charge in [0.15, 0.2) is 0 Å². The van der Waals surface area contributed by atoms with Crippen molar-refractivity contribution in [1.29, 1.82) is 0 Å². The zero-order chi connectivity index (χ0) is 44.0. The molecule has 0 aliphatic carbocycles. The normalized spacial score (nSPS) is 11.7. The summed E-state index contributed by atoms with van der Waals surface area (Å²) in [4.78, 5) is 23.4. The van der Waals surface area contributed by atoms with Gasteiger partial charge in [0, 0.05) is 24.0 Å². The third-order valence-electron chi connectivity index (χ3n) is 10.6. The SMILES string of the molecule is C=CC(=O)Oc1c(C)cc(C(c2ccc(O)cc2)c2cc(C)c(O)c(C)c2)cc1C.C=CC(=O)Oc1cc(C)c(C(c2ccc(O)cc2)c2cc(C)c(O)cc2C)cc1C. The van der Waals surface area contributed by atoms with Crippen molar-refractivity contribution < 1.29 is 39.5 Å². The van der Waals surface area contributed by atoms with Crippen LogP contribution in [0.4, 0.5) is 0 Å². The van der Waals surface area contributed by atoms with E-state index in [2.05, 4.69) is 13.2 Å². The summed E-state index contributed by atoms with van der Waals surface area (Å²) in [6.07, 6.45) is 2.29. The Morgan fingerprint density at radius 2 is 0.883 bits per heavy atom. The van der Waals surface area contributed by atoms with Gasteiger partial charge in [0.05, 0.1) is 0 Å². The van der Waals surface area contributed by atoms with E-state index in [-0.39, 0.29) is 29.1 Å². The second kappa shape index (κ2) is 18.7. The molecular formula is C52H52O8. The van der Waals surface area contributed by atoms with Crippen LogP contribution in [-0.2, 0) is 9.59 Å². The van der Waals surface area contributed by atoms with Crippen molar-refractivity contribution in [1.82, 2.24) is 0 Å². The molecule has 8 nitrogen and oxygen atoms in total. The van der Waals surface area contributed by atoms with Gasteiger partial charge in [-0.1, -0.05) is 73.8 Å². The van der Waals surface area contributed by atoms with E-state index in [4.69, 9.17) is 9.47 Å². The average molecular weight is 805 g/mol. The molecule has 2 unspecified atom stereocenters. The predicted molar refractivity (Wildman–Crippen MR) is 237 cm³/mol. The number of hydrogen-bond donors (Lipinski definition) is 4. The fraction of sp³-hybridized carbons (Fsp3) is 0.192. The molecule has 6 aromatic rings. The molecule has 6 aromatic carbocycles. The molecule has 0 amide bonds. The van der Waals surface area contributed by atoms with Gasteiger partial charge in [-0.05, 0) is 170 Å². The highest BCUT2D eigenvalue weighted by molar-refractivity contribution is 5.84. The molecular weight excluding hydrogens is 753 g/mol. The van der Waals surface area contributed by atoms with Gasteiger partial charge in [-0.2, -0.15) is 0 Å². The van der Waals surface area contributed by atoms with Crippen molar-refractivity contribution in [2.75, 3.05) is 0 Å². The number of rotatable bonds is 10. The molecule has 0 bridgehead atoms. The zero-order valence-electron chi connectivity index (χ0n) is 35.4. The quantitative estimate of drug-likeness (QED) is 0.0465. The van der Waals surface area contributed by atoms with E-state index in [0.29, 0.717) is 17.2 Å². The Labute approximate surface area is 352 Å². The average Bonchev–Trinajstić information content (AvgIpc) is 3.20. The lowest BCUT2D eigenvalue weighted by Crippen LogP contribution is -2.10. The molecule has 8 heteroatoms. The van der Waals surface area contributed by atoms with Gasteiger partial charge >= 0.3 is 11.9 Å². The maximum atomic E-state index is 11.7. The Kier molecular flexibility index (Phi) is 13.7. The number of ether oxygens (including phenoxy) is 2. The highest BCUT2D eigenvalue weighted by Gasteiger charge is 2.24. The van der Waals surface area contributed by atoms with Crippen molar-refractivity contribution in [3.8, 4) is 34.5 Å². The molecule has 0 fully saturated rings. The van der Waals surface area contributed by atoms with E-state index in [1.54, 1.807) is 30.3 Å². The first-order valence-electron chi connectivity index (χ1n) is 19.5. The highest BCUT2D eigenvalue weighted by Crippen LogP contribution is 2.41. The predicted octanol–water partition coefficient (Wildman–Crippen LogP) is 11.2. The Balaban J connectivity index is 0.000000228. The molecule has 0 aromatic heterocycles. The van der Waals surface area contributed by atoms with Crippen molar-refractivity contribution in [3.05, 3.63) is 200 Å². The van der Waals surface area contributed by atoms with E-state index < -0.39 is 11.9 Å². The van der Waals surface area contributed by atoms with Crippen LogP contribution in [-0.4, -0.2) is 32.4 Å². The third kappa shape index (κ3) is 9.96. The lowest BCUT2D eigenvalue weighted by Gasteiger charge is -2.24. The number of aryl methyl sites for hydroxylation is 8. The first kappa shape index (κ1) is 44.1. The molecule has 0 radical (unpaired) electrons. The number of phenolic OH excluding ortho intramolecular Hbond substituents is 4. The van der Waals surface area contributed by atoms with Crippen LogP contribution in [0.3, 0.4) is 0 Å². The maximum Gasteiger partial charge on any atom is 0.335 e. The summed E-state index contributed by atoms with van der Waals surface area (Å²) in [6, 6.07) is 29.9. The molecule has 60 heavy (non-hydrogen) atoms. The Hall–Kier alpha value is -7.06. The summed E-state index contributed by atoms with van der Waals surface area (Å²) in [7, 11) is 0. The van der Waals surface area contributed by atoms with E-state index in [1.807, 2.05) is 122 Å². The molecule has 0 spiro atoms. The molecule has 0 aliphatic rings. The molecule has 0 heterocycles. The summed E-state index contributed by atoms with van der Waals surface area (Å²) < 4.78 is 10.8. The number of aromatic hydroxyl groups is 4. The summed E-state index contributed by atoms with van der Waals surface area (Å²) in [5, 5.41) is 39.9. The van der Waals surface area contributed by atoms with Crippen LogP contribution in [0, 0.1) is 55.4 Å². The van der Waals surface area contributed by atoms with Crippen LogP contribution in [0.15, 0.2) is 122 Å². The Morgan fingerprint density at radius 1 is 0.467 bits per heavy atom. The zero-order valence-corrected chi connectivity index (χ0v) is 35.4. The van der Waals surface area contributed by atoms with E-state index in [0.717, 1.165) is 90.0 Å². The van der Waals surface area contributed by atoms with Gasteiger partial charge in [0.2, 0.25) is 0 Å². The summed E-state index contributed by atoms with van der Waals surface area (Å²) in [6.45, 7) is 22.2. The van der Waals surface area contributed by atoms with Crippen molar-refractivity contribution in [3.63, 3.8) is 0 Å². The minimum Gasteiger partial charge on any atom is -0.508 e. The number of carbonyl (C=O) groups excluding carboxylic acids is 2. The minimum atomic E-state index is -0.495. The van der Waals surface area contributed by atoms with Crippen LogP contribution >= 0.6 is 0 Å². The molecule has 2 atom stereocenters. The van der Waals surface area contributed by atoms with Crippen LogP contribution in [0.25, 0.3) is 0 Å². The summed E-state index contributed by atoms with van der Waals surface area (Å²) >= 11 is 0. The van der Waals surface area contributed by atoms with Crippen LogP contribution in [0.2, 0.25) is 0 Å². The van der Waals surface area contributed by atoms with Gasteiger partial charge in [-0.15, -0.1) is 0 Å². The smallest absolute Gasteiger partial charge is 0.335 e. The molecule has 0 saturated carbocycles. The summed E-state index contributed by atoms with van der Waals surface area (Å²) in [5.41, 5.74) is 13.1. The third-order valence-corrected chi connectivity index (χ3v) is 10.6.